The first-order valence-corrected chi connectivity index (χ1v) is 13.7. The van der Waals surface area contributed by atoms with Gasteiger partial charge < -0.3 is 14.8 Å². The fourth-order valence-electron chi connectivity index (χ4n) is 6.20. The molecule has 3 aliphatic heterocycles. The van der Waals surface area contributed by atoms with Crippen LogP contribution in [0.25, 0.3) is 0 Å². The third-order valence-electron chi connectivity index (χ3n) is 7.82. The SMILES string of the molecule is COc1ccc(SC)cc1CN[C@H]1[C@H]2CCN(C(C=O)C2)[C@H]1C(c1ccccc1)c1ccccc1. The van der Waals surface area contributed by atoms with Crippen molar-refractivity contribution in [3.05, 3.63) is 95.6 Å². The van der Waals surface area contributed by atoms with Crippen LogP contribution in [0.2, 0.25) is 0 Å². The van der Waals surface area contributed by atoms with Crippen molar-refractivity contribution in [2.45, 2.75) is 48.3 Å². The van der Waals surface area contributed by atoms with E-state index in [4.69, 9.17) is 4.74 Å². The van der Waals surface area contributed by atoms with Gasteiger partial charge >= 0.3 is 0 Å². The van der Waals surface area contributed by atoms with E-state index >= 15 is 0 Å². The zero-order chi connectivity index (χ0) is 24.2. The summed E-state index contributed by atoms with van der Waals surface area (Å²) in [7, 11) is 1.74. The van der Waals surface area contributed by atoms with E-state index in [9.17, 15) is 4.79 Å². The molecule has 3 saturated heterocycles. The highest BCUT2D eigenvalue weighted by molar-refractivity contribution is 7.98. The van der Waals surface area contributed by atoms with Crippen molar-refractivity contribution in [2.24, 2.45) is 5.92 Å². The van der Waals surface area contributed by atoms with Crippen LogP contribution in [-0.2, 0) is 11.3 Å². The van der Waals surface area contributed by atoms with Gasteiger partial charge in [0.1, 0.15) is 12.0 Å². The maximum absolute atomic E-state index is 12.2. The Kier molecular flexibility index (Phi) is 7.57. The number of nitrogens with one attached hydrogen (secondary N) is 1. The van der Waals surface area contributed by atoms with E-state index in [-0.39, 0.29) is 24.0 Å². The van der Waals surface area contributed by atoms with Gasteiger partial charge in [-0.3, -0.25) is 4.90 Å². The molecule has 0 saturated carbocycles. The smallest absolute Gasteiger partial charge is 0.137 e. The highest BCUT2D eigenvalue weighted by atomic mass is 32.2. The van der Waals surface area contributed by atoms with Crippen molar-refractivity contribution >= 4 is 18.0 Å². The minimum atomic E-state index is -0.0129. The number of carbonyl (C=O) groups excluding carboxylic acids is 1. The second-order valence-electron chi connectivity index (χ2n) is 9.60. The molecule has 3 fully saturated rings. The molecule has 5 atom stereocenters. The third kappa shape index (κ3) is 4.90. The van der Waals surface area contributed by atoms with Crippen molar-refractivity contribution < 1.29 is 9.53 Å². The van der Waals surface area contributed by atoms with E-state index < -0.39 is 0 Å². The lowest BCUT2D eigenvalue weighted by molar-refractivity contribution is -0.121. The molecule has 2 bridgehead atoms. The summed E-state index contributed by atoms with van der Waals surface area (Å²) in [6.07, 6.45) is 5.33. The number of piperidine rings is 3. The number of nitrogens with zero attached hydrogens (tertiary/aromatic N) is 1. The van der Waals surface area contributed by atoms with E-state index in [2.05, 4.69) is 95.3 Å². The zero-order valence-corrected chi connectivity index (χ0v) is 21.3. The molecular weight excluding hydrogens is 452 g/mol. The maximum Gasteiger partial charge on any atom is 0.137 e. The highest BCUT2D eigenvalue weighted by Crippen LogP contribution is 2.44. The van der Waals surface area contributed by atoms with Gasteiger partial charge in [0, 0.05) is 35.0 Å². The number of rotatable bonds is 9. The first kappa shape index (κ1) is 24.1. The minimum absolute atomic E-state index is 0.0129. The Labute approximate surface area is 213 Å². The Balaban J connectivity index is 1.53. The van der Waals surface area contributed by atoms with Gasteiger partial charge in [0.25, 0.3) is 0 Å². The van der Waals surface area contributed by atoms with E-state index in [1.54, 1.807) is 18.9 Å². The molecule has 3 heterocycles. The summed E-state index contributed by atoms with van der Waals surface area (Å²) < 4.78 is 5.69. The average Bonchev–Trinajstić information content (AvgIpc) is 2.93. The molecule has 35 heavy (non-hydrogen) atoms. The molecule has 0 amide bonds. The molecule has 0 spiro atoms. The van der Waals surface area contributed by atoms with E-state index in [1.807, 2.05) is 0 Å². The monoisotopic (exact) mass is 486 g/mol. The Morgan fingerprint density at radius 2 is 1.74 bits per heavy atom. The molecule has 4 nitrogen and oxygen atoms in total. The number of thioether (sulfide) groups is 1. The van der Waals surface area contributed by atoms with Gasteiger partial charge in [-0.05, 0) is 60.9 Å². The Morgan fingerprint density at radius 3 is 2.34 bits per heavy atom. The molecule has 0 radical (unpaired) electrons. The van der Waals surface area contributed by atoms with Gasteiger partial charge in [-0.15, -0.1) is 11.8 Å². The lowest BCUT2D eigenvalue weighted by Crippen LogP contribution is -2.67. The molecule has 6 rings (SSSR count). The zero-order valence-electron chi connectivity index (χ0n) is 20.5. The van der Waals surface area contributed by atoms with E-state index in [0.29, 0.717) is 5.92 Å². The third-order valence-corrected chi connectivity index (χ3v) is 8.54. The summed E-state index contributed by atoms with van der Waals surface area (Å²) in [5, 5.41) is 3.96. The summed E-state index contributed by atoms with van der Waals surface area (Å²) in [6.45, 7) is 1.71. The van der Waals surface area contributed by atoms with Crippen molar-refractivity contribution in [1.82, 2.24) is 10.2 Å². The number of ether oxygens (including phenoxy) is 1. The maximum atomic E-state index is 12.2. The predicted octanol–water partition coefficient (Wildman–Crippen LogP) is 5.37. The molecular formula is C30H34N2O2S. The number of carbonyl (C=O) groups is 1. The standard InChI is InChI=1S/C30H34N2O2S/c1-34-27-14-13-26(35-2)18-24(27)19-31-29-23-15-16-32(25(17-23)20-33)30(29)28(21-9-5-3-6-10-21)22-11-7-4-8-12-22/h3-14,18,20,23,25,28-31H,15-17,19H2,1-2H3/t23-,25?,29-,30-/m0/s1. The fourth-order valence-corrected chi connectivity index (χ4v) is 6.67. The van der Waals surface area contributed by atoms with Crippen LogP contribution in [0, 0.1) is 5.92 Å². The Bertz CT molecular complexity index is 1080. The van der Waals surface area contributed by atoms with Crippen LogP contribution in [-0.4, -0.2) is 49.2 Å². The molecule has 5 heteroatoms. The molecule has 2 unspecified atom stereocenters. The van der Waals surface area contributed by atoms with Gasteiger partial charge in [0.15, 0.2) is 0 Å². The summed E-state index contributed by atoms with van der Waals surface area (Å²) >= 11 is 1.75. The number of fused-ring (bicyclic) bond motifs is 3. The molecule has 0 aliphatic carbocycles. The molecule has 182 valence electrons. The van der Waals surface area contributed by atoms with Crippen molar-refractivity contribution in [1.29, 1.82) is 0 Å². The average molecular weight is 487 g/mol. The fraction of sp³-hybridized carbons (Fsp3) is 0.367. The minimum Gasteiger partial charge on any atom is -0.496 e. The summed E-state index contributed by atoms with van der Waals surface area (Å²) in [6, 6.07) is 28.5. The highest BCUT2D eigenvalue weighted by Gasteiger charge is 2.50. The van der Waals surface area contributed by atoms with E-state index in [0.717, 1.165) is 31.7 Å². The normalized spacial score (nSPS) is 25.5. The van der Waals surface area contributed by atoms with Crippen LogP contribution in [0.1, 0.15) is 35.4 Å². The van der Waals surface area contributed by atoms with Gasteiger partial charge in [-0.1, -0.05) is 60.7 Å². The van der Waals surface area contributed by atoms with Crippen LogP contribution >= 0.6 is 11.8 Å². The van der Waals surface area contributed by atoms with Crippen LogP contribution in [0.3, 0.4) is 0 Å². The summed E-state index contributed by atoms with van der Waals surface area (Å²) in [5.41, 5.74) is 3.78. The van der Waals surface area contributed by atoms with Gasteiger partial charge in [-0.25, -0.2) is 0 Å². The van der Waals surface area contributed by atoms with Gasteiger partial charge in [0.2, 0.25) is 0 Å². The van der Waals surface area contributed by atoms with Crippen LogP contribution < -0.4 is 10.1 Å². The Hall–Kier alpha value is -2.60. The van der Waals surface area contributed by atoms with Crippen LogP contribution in [0.15, 0.2) is 83.8 Å². The number of hydrogen-bond acceptors (Lipinski definition) is 5. The van der Waals surface area contributed by atoms with Gasteiger partial charge in [-0.2, -0.15) is 0 Å². The first-order chi connectivity index (χ1) is 17.2. The molecule has 0 aromatic heterocycles. The molecule has 3 aliphatic rings. The lowest BCUT2D eigenvalue weighted by atomic mass is 9.68. The molecule has 1 N–H and O–H groups in total. The number of hydrogen-bond donors (Lipinski definition) is 1. The van der Waals surface area contributed by atoms with Gasteiger partial charge in [0.05, 0.1) is 13.2 Å². The summed E-state index contributed by atoms with van der Waals surface area (Å²) in [5.74, 6) is 1.56. The molecule has 3 aromatic carbocycles. The van der Waals surface area contributed by atoms with Crippen LogP contribution in [0.5, 0.6) is 5.75 Å². The number of methoxy groups -OCH3 is 1. The van der Waals surface area contributed by atoms with E-state index in [1.165, 1.54) is 27.9 Å². The second-order valence-corrected chi connectivity index (χ2v) is 10.5. The predicted molar refractivity (Wildman–Crippen MR) is 143 cm³/mol. The lowest BCUT2D eigenvalue weighted by Gasteiger charge is -2.56. The quantitative estimate of drug-likeness (QED) is 0.325. The second kappa shape index (κ2) is 11.0. The first-order valence-electron chi connectivity index (χ1n) is 12.5. The number of aldehydes is 1. The number of benzene rings is 3. The van der Waals surface area contributed by atoms with Crippen molar-refractivity contribution in [3.63, 3.8) is 0 Å². The summed E-state index contributed by atoms with van der Waals surface area (Å²) in [4.78, 5) is 15.9. The molecule has 3 aromatic rings. The van der Waals surface area contributed by atoms with Crippen molar-refractivity contribution in [2.75, 3.05) is 19.9 Å². The van der Waals surface area contributed by atoms with Crippen LogP contribution in [0.4, 0.5) is 0 Å². The topological polar surface area (TPSA) is 41.6 Å². The Morgan fingerprint density at radius 1 is 1.06 bits per heavy atom. The van der Waals surface area contributed by atoms with Crippen molar-refractivity contribution in [3.8, 4) is 5.75 Å². The largest absolute Gasteiger partial charge is 0.496 e.